The molecule has 1 atom stereocenters. The maximum atomic E-state index is 12.1. The molecule has 7 heteroatoms. The van der Waals surface area contributed by atoms with Crippen LogP contribution >= 0.6 is 0 Å². The molecule has 0 aliphatic rings. The molecular formula is C7H6F3NO2S. The lowest BCUT2D eigenvalue weighted by atomic mass is 10.2. The minimum atomic E-state index is -4.45. The first kappa shape index (κ1) is 11.0. The Morgan fingerprint density at radius 1 is 1.36 bits per heavy atom. The van der Waals surface area contributed by atoms with Crippen LogP contribution in [0, 0.1) is 0 Å². The highest BCUT2D eigenvalue weighted by atomic mass is 32.2. The SMILES string of the molecule is O=S(O)Nc1cccc(C(F)(F)F)c1. The molecule has 0 spiro atoms. The molecule has 0 amide bonds. The van der Waals surface area contributed by atoms with Gasteiger partial charge in [0, 0.05) is 5.69 Å². The average molecular weight is 225 g/mol. The van der Waals surface area contributed by atoms with Crippen LogP contribution in [0.2, 0.25) is 0 Å². The van der Waals surface area contributed by atoms with Crippen molar-refractivity contribution < 1.29 is 21.9 Å². The zero-order valence-corrected chi connectivity index (χ0v) is 7.52. The summed E-state index contributed by atoms with van der Waals surface area (Å²) in [5.41, 5.74) is -0.923. The molecule has 0 fully saturated rings. The van der Waals surface area contributed by atoms with Gasteiger partial charge in [0.05, 0.1) is 5.56 Å². The van der Waals surface area contributed by atoms with Gasteiger partial charge in [0.2, 0.25) is 0 Å². The van der Waals surface area contributed by atoms with Crippen LogP contribution in [-0.4, -0.2) is 8.76 Å². The summed E-state index contributed by atoms with van der Waals surface area (Å²) in [7, 11) is 0. The van der Waals surface area contributed by atoms with Gasteiger partial charge in [-0.05, 0) is 18.2 Å². The summed E-state index contributed by atoms with van der Waals surface area (Å²) >= 11 is -2.37. The first-order valence-electron chi connectivity index (χ1n) is 3.44. The minimum Gasteiger partial charge on any atom is -0.289 e. The number of hydrogen-bond donors (Lipinski definition) is 2. The summed E-state index contributed by atoms with van der Waals surface area (Å²) in [5.74, 6) is 0. The van der Waals surface area contributed by atoms with Crippen molar-refractivity contribution in [3.8, 4) is 0 Å². The molecule has 0 bridgehead atoms. The molecule has 1 aromatic rings. The van der Waals surface area contributed by atoms with E-state index in [1.807, 2.05) is 4.72 Å². The molecule has 0 aliphatic heterocycles. The second kappa shape index (κ2) is 3.97. The lowest BCUT2D eigenvalue weighted by Crippen LogP contribution is -2.07. The molecule has 2 N–H and O–H groups in total. The summed E-state index contributed by atoms with van der Waals surface area (Å²) in [6.07, 6.45) is -4.45. The third-order valence-electron chi connectivity index (χ3n) is 1.40. The van der Waals surface area contributed by atoms with Gasteiger partial charge in [-0.2, -0.15) is 13.2 Å². The molecule has 1 unspecified atom stereocenters. The van der Waals surface area contributed by atoms with E-state index in [1.165, 1.54) is 6.07 Å². The van der Waals surface area contributed by atoms with Crippen molar-refractivity contribution in [3.63, 3.8) is 0 Å². The van der Waals surface area contributed by atoms with E-state index in [0.717, 1.165) is 18.2 Å². The van der Waals surface area contributed by atoms with Gasteiger partial charge in [-0.1, -0.05) is 6.07 Å². The molecule has 1 rings (SSSR count). The van der Waals surface area contributed by atoms with Gasteiger partial charge in [0.25, 0.3) is 11.3 Å². The van der Waals surface area contributed by atoms with Crippen LogP contribution in [0.4, 0.5) is 18.9 Å². The minimum absolute atomic E-state index is 0.0549. The Morgan fingerprint density at radius 2 is 2.00 bits per heavy atom. The number of anilines is 1. The van der Waals surface area contributed by atoms with E-state index in [1.54, 1.807) is 0 Å². The first-order chi connectivity index (χ1) is 6.39. The van der Waals surface area contributed by atoms with E-state index >= 15 is 0 Å². The second-order valence-corrected chi connectivity index (χ2v) is 3.13. The van der Waals surface area contributed by atoms with E-state index < -0.39 is 23.0 Å². The summed E-state index contributed by atoms with van der Waals surface area (Å²) < 4.78 is 57.0. The van der Waals surface area contributed by atoms with E-state index in [2.05, 4.69) is 0 Å². The van der Waals surface area contributed by atoms with Gasteiger partial charge >= 0.3 is 6.18 Å². The van der Waals surface area contributed by atoms with Crippen molar-refractivity contribution in [2.24, 2.45) is 0 Å². The van der Waals surface area contributed by atoms with Gasteiger partial charge in [0.1, 0.15) is 0 Å². The second-order valence-electron chi connectivity index (χ2n) is 2.43. The van der Waals surface area contributed by atoms with Gasteiger partial charge < -0.3 is 0 Å². The lowest BCUT2D eigenvalue weighted by molar-refractivity contribution is -0.137. The molecule has 0 saturated carbocycles. The fourth-order valence-electron chi connectivity index (χ4n) is 0.860. The smallest absolute Gasteiger partial charge is 0.289 e. The van der Waals surface area contributed by atoms with Crippen molar-refractivity contribution in [2.75, 3.05) is 4.72 Å². The summed E-state index contributed by atoms with van der Waals surface area (Å²) in [6, 6.07) is 4.06. The first-order valence-corrected chi connectivity index (χ1v) is 4.55. The maximum absolute atomic E-state index is 12.1. The van der Waals surface area contributed by atoms with E-state index in [-0.39, 0.29) is 5.69 Å². The molecule has 0 radical (unpaired) electrons. The normalized spacial score (nSPS) is 13.7. The molecule has 0 aliphatic carbocycles. The van der Waals surface area contributed by atoms with E-state index in [4.69, 9.17) is 4.55 Å². The maximum Gasteiger partial charge on any atom is 0.416 e. The molecule has 0 heterocycles. The molecular weight excluding hydrogens is 219 g/mol. The van der Waals surface area contributed by atoms with Crippen molar-refractivity contribution in [1.29, 1.82) is 0 Å². The van der Waals surface area contributed by atoms with Crippen LogP contribution in [0.1, 0.15) is 5.56 Å². The van der Waals surface area contributed by atoms with Crippen LogP contribution < -0.4 is 4.72 Å². The lowest BCUT2D eigenvalue weighted by Gasteiger charge is -2.08. The molecule has 0 aromatic heterocycles. The van der Waals surface area contributed by atoms with Gasteiger partial charge in [-0.3, -0.25) is 9.27 Å². The van der Waals surface area contributed by atoms with Crippen LogP contribution in [-0.2, 0) is 17.4 Å². The summed E-state index contributed by atoms with van der Waals surface area (Å²) in [5, 5.41) is 0. The number of hydrogen-bond acceptors (Lipinski definition) is 1. The Bertz CT molecular complexity index is 353. The Labute approximate surface area is 80.4 Å². The van der Waals surface area contributed by atoms with Crippen molar-refractivity contribution in [3.05, 3.63) is 29.8 Å². The zero-order chi connectivity index (χ0) is 10.8. The molecule has 78 valence electrons. The summed E-state index contributed by atoms with van der Waals surface area (Å²) in [4.78, 5) is 0. The molecule has 14 heavy (non-hydrogen) atoms. The number of rotatable bonds is 2. The zero-order valence-electron chi connectivity index (χ0n) is 6.71. The van der Waals surface area contributed by atoms with Crippen LogP contribution in [0.5, 0.6) is 0 Å². The molecule has 3 nitrogen and oxygen atoms in total. The quantitative estimate of drug-likeness (QED) is 0.758. The number of halogens is 3. The van der Waals surface area contributed by atoms with Gasteiger partial charge in [0.15, 0.2) is 0 Å². The van der Waals surface area contributed by atoms with Crippen LogP contribution in [0.15, 0.2) is 24.3 Å². The van der Waals surface area contributed by atoms with Gasteiger partial charge in [-0.15, -0.1) is 0 Å². The number of benzene rings is 1. The van der Waals surface area contributed by atoms with E-state index in [0.29, 0.717) is 0 Å². The highest BCUT2D eigenvalue weighted by molar-refractivity contribution is 7.80. The Morgan fingerprint density at radius 3 is 2.50 bits per heavy atom. The van der Waals surface area contributed by atoms with Crippen LogP contribution in [0.3, 0.4) is 0 Å². The average Bonchev–Trinajstić information content (AvgIpc) is 2.01. The third-order valence-corrected chi connectivity index (χ3v) is 1.81. The number of nitrogens with one attached hydrogen (secondary N) is 1. The Balaban J connectivity index is 2.95. The topological polar surface area (TPSA) is 49.3 Å². The highest BCUT2D eigenvalue weighted by Gasteiger charge is 2.30. The fourth-order valence-corrected chi connectivity index (χ4v) is 1.19. The summed E-state index contributed by atoms with van der Waals surface area (Å²) in [6.45, 7) is 0. The van der Waals surface area contributed by atoms with Crippen LogP contribution in [0.25, 0.3) is 0 Å². The van der Waals surface area contributed by atoms with Crippen molar-refractivity contribution >= 4 is 17.0 Å². The molecule has 1 aromatic carbocycles. The number of alkyl halides is 3. The Kier molecular flexibility index (Phi) is 3.12. The fraction of sp³-hybridized carbons (Fsp3) is 0.143. The van der Waals surface area contributed by atoms with Crippen molar-refractivity contribution in [1.82, 2.24) is 0 Å². The van der Waals surface area contributed by atoms with Gasteiger partial charge in [-0.25, -0.2) is 4.21 Å². The van der Waals surface area contributed by atoms with Crippen molar-refractivity contribution in [2.45, 2.75) is 6.18 Å². The largest absolute Gasteiger partial charge is 0.416 e. The highest BCUT2D eigenvalue weighted by Crippen LogP contribution is 2.30. The Hall–Kier alpha value is -1.08. The third kappa shape index (κ3) is 3.00. The monoisotopic (exact) mass is 225 g/mol. The predicted molar refractivity (Wildman–Crippen MR) is 45.8 cm³/mol. The molecule has 0 saturated heterocycles. The van der Waals surface area contributed by atoms with E-state index in [9.17, 15) is 17.4 Å². The predicted octanol–water partition coefficient (Wildman–Crippen LogP) is 2.25. The standard InChI is InChI=1S/C7H6F3NO2S/c8-7(9,10)5-2-1-3-6(4-5)11-14(12)13/h1-4,11H,(H,12,13).